The first-order chi connectivity index (χ1) is 12.7. The fraction of sp³-hybridized carbons (Fsp3) is 0.211. The van der Waals surface area contributed by atoms with E-state index >= 15 is 0 Å². The van der Waals surface area contributed by atoms with Crippen molar-refractivity contribution in [3.8, 4) is 17.1 Å². The zero-order chi connectivity index (χ0) is 18.4. The van der Waals surface area contributed by atoms with Crippen LogP contribution in [0.4, 0.5) is 0 Å². The minimum absolute atomic E-state index is 0.167. The van der Waals surface area contributed by atoms with Gasteiger partial charge in [-0.2, -0.15) is 0 Å². The zero-order valence-electron chi connectivity index (χ0n) is 14.3. The molecule has 2 aromatic carbocycles. The molecule has 3 rings (SSSR count). The summed E-state index contributed by atoms with van der Waals surface area (Å²) in [5.41, 5.74) is 1.20. The zero-order valence-corrected chi connectivity index (χ0v) is 15.1. The topological polar surface area (TPSA) is 77.2 Å². The van der Waals surface area contributed by atoms with Gasteiger partial charge < -0.3 is 14.4 Å². The molecule has 0 spiro atoms. The molecule has 0 aliphatic rings. The number of para-hydroxylation sites is 1. The molecule has 0 saturated heterocycles. The van der Waals surface area contributed by atoms with Gasteiger partial charge in [-0.15, -0.1) is 10.2 Å². The first kappa shape index (κ1) is 18.0. The summed E-state index contributed by atoms with van der Waals surface area (Å²) in [6.07, 6.45) is 0. The summed E-state index contributed by atoms with van der Waals surface area (Å²) in [7, 11) is 0. The minimum Gasteiger partial charge on any atom is -0.492 e. The second kappa shape index (κ2) is 8.53. The number of aromatic carboxylic acids is 1. The smallest absolute Gasteiger partial charge is 0.339 e. The third-order valence-corrected chi connectivity index (χ3v) is 4.69. The summed E-state index contributed by atoms with van der Waals surface area (Å²) in [5.74, 6) is 0.864. The molecular weight excluding hydrogens is 350 g/mol. The van der Waals surface area contributed by atoms with Crippen molar-refractivity contribution in [3.63, 3.8) is 0 Å². The third kappa shape index (κ3) is 4.05. The summed E-state index contributed by atoms with van der Waals surface area (Å²) >= 11 is 1.54. The van der Waals surface area contributed by atoms with Gasteiger partial charge in [0, 0.05) is 17.9 Å². The number of rotatable bonds is 8. The van der Waals surface area contributed by atoms with Crippen molar-refractivity contribution >= 4 is 17.7 Å². The Morgan fingerprint density at radius 3 is 2.58 bits per heavy atom. The number of carboxylic acids is 1. The van der Waals surface area contributed by atoms with Crippen molar-refractivity contribution in [2.24, 2.45) is 0 Å². The van der Waals surface area contributed by atoms with Crippen molar-refractivity contribution < 1.29 is 14.6 Å². The Labute approximate surface area is 155 Å². The fourth-order valence-corrected chi connectivity index (χ4v) is 3.35. The first-order valence-corrected chi connectivity index (χ1v) is 9.25. The molecule has 0 saturated carbocycles. The maximum Gasteiger partial charge on any atom is 0.339 e. The SMILES string of the molecule is CCn1c(SCCOc2ccccc2C(=O)O)nnc1-c1ccccc1. The molecule has 0 atom stereocenters. The largest absolute Gasteiger partial charge is 0.492 e. The van der Waals surface area contributed by atoms with Gasteiger partial charge in [-0.25, -0.2) is 4.79 Å². The van der Waals surface area contributed by atoms with E-state index in [0.29, 0.717) is 18.1 Å². The lowest BCUT2D eigenvalue weighted by atomic mass is 10.2. The van der Waals surface area contributed by atoms with E-state index in [0.717, 1.165) is 23.1 Å². The van der Waals surface area contributed by atoms with Gasteiger partial charge in [0.05, 0.1) is 6.61 Å². The van der Waals surface area contributed by atoms with E-state index in [1.807, 2.05) is 30.3 Å². The number of hydrogen-bond acceptors (Lipinski definition) is 5. The maximum atomic E-state index is 11.2. The highest BCUT2D eigenvalue weighted by molar-refractivity contribution is 7.99. The number of nitrogens with zero attached hydrogens (tertiary/aromatic N) is 3. The van der Waals surface area contributed by atoms with Gasteiger partial charge in [0.15, 0.2) is 11.0 Å². The molecular formula is C19H19N3O3S. The average molecular weight is 369 g/mol. The van der Waals surface area contributed by atoms with Crippen LogP contribution in [0.5, 0.6) is 5.75 Å². The van der Waals surface area contributed by atoms with Gasteiger partial charge in [0.2, 0.25) is 0 Å². The summed E-state index contributed by atoms with van der Waals surface area (Å²) in [5, 5.41) is 18.6. The van der Waals surface area contributed by atoms with E-state index in [1.54, 1.807) is 18.2 Å². The summed E-state index contributed by atoms with van der Waals surface area (Å²) in [6.45, 7) is 3.20. The molecule has 3 aromatic rings. The quantitative estimate of drug-likeness (QED) is 0.480. The number of carbonyl (C=O) groups is 1. The van der Waals surface area contributed by atoms with Crippen LogP contribution in [-0.2, 0) is 6.54 Å². The first-order valence-electron chi connectivity index (χ1n) is 8.27. The van der Waals surface area contributed by atoms with E-state index in [-0.39, 0.29) is 5.56 Å². The van der Waals surface area contributed by atoms with Crippen molar-refractivity contribution in [1.29, 1.82) is 0 Å². The molecule has 0 fully saturated rings. The molecule has 0 radical (unpaired) electrons. The molecule has 1 heterocycles. The molecule has 6 nitrogen and oxygen atoms in total. The summed E-state index contributed by atoms with van der Waals surface area (Å²) in [6, 6.07) is 16.6. The van der Waals surface area contributed by atoms with Crippen LogP contribution in [0.2, 0.25) is 0 Å². The Balaban J connectivity index is 1.63. The van der Waals surface area contributed by atoms with Crippen molar-refractivity contribution in [3.05, 3.63) is 60.2 Å². The Kier molecular flexibility index (Phi) is 5.91. The van der Waals surface area contributed by atoms with Crippen molar-refractivity contribution in [2.45, 2.75) is 18.6 Å². The molecule has 134 valence electrons. The lowest BCUT2D eigenvalue weighted by Gasteiger charge is -2.09. The van der Waals surface area contributed by atoms with Gasteiger partial charge in [0.1, 0.15) is 11.3 Å². The number of aromatic nitrogens is 3. The minimum atomic E-state index is -0.994. The van der Waals surface area contributed by atoms with Gasteiger partial charge in [-0.1, -0.05) is 54.2 Å². The molecule has 0 bridgehead atoms. The molecule has 7 heteroatoms. The monoisotopic (exact) mass is 369 g/mol. The average Bonchev–Trinajstić information content (AvgIpc) is 3.09. The molecule has 1 N–H and O–H groups in total. The highest BCUT2D eigenvalue weighted by atomic mass is 32.2. The predicted octanol–water partition coefficient (Wildman–Crippen LogP) is 3.83. The van der Waals surface area contributed by atoms with E-state index in [1.165, 1.54) is 17.8 Å². The number of thioether (sulfide) groups is 1. The number of hydrogen-bond donors (Lipinski definition) is 1. The Morgan fingerprint density at radius 2 is 1.85 bits per heavy atom. The van der Waals surface area contributed by atoms with Crippen molar-refractivity contribution in [1.82, 2.24) is 14.8 Å². The molecule has 0 aliphatic heterocycles. The predicted molar refractivity (Wildman–Crippen MR) is 101 cm³/mol. The number of carboxylic acid groups (broad SMARTS) is 1. The highest BCUT2D eigenvalue weighted by Crippen LogP contribution is 2.24. The summed E-state index contributed by atoms with van der Waals surface area (Å²) in [4.78, 5) is 11.2. The van der Waals surface area contributed by atoms with Crippen LogP contribution >= 0.6 is 11.8 Å². The maximum absolute atomic E-state index is 11.2. The van der Waals surface area contributed by atoms with Gasteiger partial charge in [0.25, 0.3) is 0 Å². The molecule has 1 aromatic heterocycles. The van der Waals surface area contributed by atoms with Crippen LogP contribution in [0, 0.1) is 0 Å². The van der Waals surface area contributed by atoms with Crippen LogP contribution in [-0.4, -0.2) is 38.2 Å². The fourth-order valence-electron chi connectivity index (χ4n) is 2.54. The lowest BCUT2D eigenvalue weighted by molar-refractivity contribution is 0.0692. The van der Waals surface area contributed by atoms with E-state index in [9.17, 15) is 9.90 Å². The van der Waals surface area contributed by atoms with Gasteiger partial charge >= 0.3 is 5.97 Å². The van der Waals surface area contributed by atoms with Crippen molar-refractivity contribution in [2.75, 3.05) is 12.4 Å². The van der Waals surface area contributed by atoms with E-state index in [2.05, 4.69) is 21.7 Å². The molecule has 0 aliphatic carbocycles. The van der Waals surface area contributed by atoms with Crippen LogP contribution in [0.25, 0.3) is 11.4 Å². The highest BCUT2D eigenvalue weighted by Gasteiger charge is 2.13. The normalized spacial score (nSPS) is 10.7. The Morgan fingerprint density at radius 1 is 1.12 bits per heavy atom. The molecule has 0 unspecified atom stereocenters. The summed E-state index contributed by atoms with van der Waals surface area (Å²) < 4.78 is 7.69. The number of ether oxygens (including phenoxy) is 1. The molecule has 0 amide bonds. The lowest BCUT2D eigenvalue weighted by Crippen LogP contribution is -2.07. The Hall–Kier alpha value is -2.80. The van der Waals surface area contributed by atoms with E-state index in [4.69, 9.17) is 4.74 Å². The van der Waals surface area contributed by atoms with E-state index < -0.39 is 5.97 Å². The second-order valence-electron chi connectivity index (χ2n) is 5.41. The van der Waals surface area contributed by atoms with Crippen LogP contribution in [0.15, 0.2) is 59.8 Å². The Bertz CT molecular complexity index is 881. The van der Waals surface area contributed by atoms with Crippen LogP contribution in [0.1, 0.15) is 17.3 Å². The van der Waals surface area contributed by atoms with Gasteiger partial charge in [-0.05, 0) is 19.1 Å². The molecule has 26 heavy (non-hydrogen) atoms. The number of benzene rings is 2. The standard InChI is InChI=1S/C19H19N3O3S/c1-2-22-17(14-8-4-3-5-9-14)20-21-19(22)26-13-12-25-16-11-7-6-10-15(16)18(23)24/h3-11H,2,12-13H2,1H3,(H,23,24). The van der Waals surface area contributed by atoms with Crippen LogP contribution in [0.3, 0.4) is 0 Å². The second-order valence-corrected chi connectivity index (χ2v) is 6.48. The third-order valence-electron chi connectivity index (χ3n) is 3.75. The van der Waals surface area contributed by atoms with Crippen LogP contribution < -0.4 is 4.74 Å². The van der Waals surface area contributed by atoms with Gasteiger partial charge in [-0.3, -0.25) is 0 Å².